The monoisotopic (exact) mass is 360 g/mol. The van der Waals surface area contributed by atoms with Crippen molar-refractivity contribution in [2.24, 2.45) is 0 Å². The summed E-state index contributed by atoms with van der Waals surface area (Å²) in [7, 11) is -9.19. The van der Waals surface area contributed by atoms with Crippen molar-refractivity contribution >= 4 is 32.3 Å². The molecule has 0 saturated carbocycles. The number of nitrogens with zero attached hydrogens (tertiary/aromatic N) is 2. The van der Waals surface area contributed by atoms with E-state index in [9.17, 15) is 26.0 Å². The zero-order valence-electron chi connectivity index (χ0n) is 11.0. The Kier molecular flexibility index (Phi) is 4.29. The Labute approximate surface area is 125 Å². The molecule has 2 atom stereocenters. The van der Waals surface area contributed by atoms with E-state index in [0.717, 1.165) is 4.90 Å². The van der Waals surface area contributed by atoms with Crippen LogP contribution in [0.25, 0.3) is 0 Å². The molecule has 2 fully saturated rings. The van der Waals surface area contributed by atoms with Gasteiger partial charge in [0, 0.05) is 6.54 Å². The maximum atomic E-state index is 12.3. The molecular weight excluding hydrogens is 347 g/mol. The van der Waals surface area contributed by atoms with E-state index in [1.807, 2.05) is 0 Å². The summed E-state index contributed by atoms with van der Waals surface area (Å²) in [5.41, 5.74) is 0. The number of amidine groups is 1. The van der Waals surface area contributed by atoms with Gasteiger partial charge in [0.1, 0.15) is 5.84 Å². The minimum absolute atomic E-state index is 0.0151. The highest BCUT2D eigenvalue weighted by Gasteiger charge is 2.48. The van der Waals surface area contributed by atoms with Gasteiger partial charge in [0.25, 0.3) is 10.0 Å². The molecule has 2 bridgehead atoms. The number of carbonyl (C=O) groups is 1. The number of nitrogens with one attached hydrogen (secondary N) is 2. The minimum Gasteiger partial charge on any atom is -0.310 e. The second-order valence-corrected chi connectivity index (χ2v) is 7.41. The van der Waals surface area contributed by atoms with E-state index in [0.29, 0.717) is 5.06 Å². The summed E-state index contributed by atoms with van der Waals surface area (Å²) in [6.07, 6.45) is 0.359. The van der Waals surface area contributed by atoms with Crippen LogP contribution in [0.3, 0.4) is 0 Å². The summed E-state index contributed by atoms with van der Waals surface area (Å²) in [5.74, 6) is -0.599. The quantitative estimate of drug-likeness (QED) is 0.316. The van der Waals surface area contributed by atoms with Gasteiger partial charge in [0.05, 0.1) is 12.1 Å². The second-order valence-electron chi connectivity index (χ2n) is 4.75. The van der Waals surface area contributed by atoms with Crippen LogP contribution in [-0.2, 0) is 24.7 Å². The maximum absolute atomic E-state index is 12.3. The fraction of sp³-hybridized carbons (Fsp3) is 0.750. The highest BCUT2D eigenvalue weighted by Crippen LogP contribution is 2.30. The van der Waals surface area contributed by atoms with Crippen molar-refractivity contribution in [1.29, 1.82) is 5.41 Å². The van der Waals surface area contributed by atoms with Crippen LogP contribution in [-0.4, -0.2) is 67.9 Å². The molecule has 22 heavy (non-hydrogen) atoms. The van der Waals surface area contributed by atoms with Gasteiger partial charge in [0.15, 0.2) is 0 Å². The van der Waals surface area contributed by atoms with Crippen LogP contribution < -0.4 is 4.72 Å². The largest absolute Gasteiger partial charge is 0.418 e. The van der Waals surface area contributed by atoms with Gasteiger partial charge in [-0.25, -0.2) is 17.6 Å². The lowest BCUT2D eigenvalue weighted by Gasteiger charge is -2.30. The number of carbonyl (C=O) groups excluding carboxylic acids is 1. The first-order chi connectivity index (χ1) is 10.0. The molecule has 0 radical (unpaired) electrons. The van der Waals surface area contributed by atoms with E-state index in [4.69, 9.17) is 9.96 Å². The van der Waals surface area contributed by atoms with Gasteiger partial charge in [-0.15, -0.1) is 4.28 Å². The normalized spacial score (nSPS) is 25.5. The number of fused-ring (bicyclic) bond motifs is 2. The summed E-state index contributed by atoms with van der Waals surface area (Å²) in [4.78, 5) is 13.0. The number of hydrogen-bond donors (Lipinski definition) is 3. The Morgan fingerprint density at radius 3 is 2.59 bits per heavy atom. The molecular formula is C8H13FN4O7S2. The van der Waals surface area contributed by atoms with Gasteiger partial charge in [-0.1, -0.05) is 0 Å². The molecule has 14 heteroatoms. The van der Waals surface area contributed by atoms with Crippen molar-refractivity contribution < 1.29 is 34.9 Å². The zero-order chi connectivity index (χ0) is 16.7. The third kappa shape index (κ3) is 3.45. The molecule has 0 aliphatic carbocycles. The van der Waals surface area contributed by atoms with E-state index in [1.54, 1.807) is 4.72 Å². The molecule has 2 saturated heterocycles. The molecule has 0 unspecified atom stereocenters. The molecule has 0 aromatic heterocycles. The summed E-state index contributed by atoms with van der Waals surface area (Å²) in [5, 5.41) is 8.12. The molecule has 2 heterocycles. The Hall–Kier alpha value is -1.51. The summed E-state index contributed by atoms with van der Waals surface area (Å²) in [6, 6.07) is -4.29. The molecule has 2 amide bonds. The first kappa shape index (κ1) is 16.9. The van der Waals surface area contributed by atoms with E-state index in [-0.39, 0.29) is 19.4 Å². The van der Waals surface area contributed by atoms with Gasteiger partial charge in [-0.3, -0.25) is 14.7 Å². The predicted molar refractivity (Wildman–Crippen MR) is 69.1 cm³/mol. The molecule has 11 nitrogen and oxygen atoms in total. The average molecular weight is 360 g/mol. The number of hydroxylamine groups is 2. The predicted octanol–water partition coefficient (Wildman–Crippen LogP) is -1.19. The summed E-state index contributed by atoms with van der Waals surface area (Å²) >= 11 is 0. The molecule has 2 aliphatic heterocycles. The van der Waals surface area contributed by atoms with E-state index < -0.39 is 50.4 Å². The lowest BCUT2D eigenvalue weighted by Crippen LogP contribution is -2.50. The second kappa shape index (κ2) is 5.60. The Balaban J connectivity index is 2.14. The van der Waals surface area contributed by atoms with E-state index in [1.165, 1.54) is 0 Å². The maximum Gasteiger partial charge on any atom is 0.418 e. The molecule has 0 aromatic carbocycles. The van der Waals surface area contributed by atoms with Crippen molar-refractivity contribution in [2.45, 2.75) is 24.9 Å². The van der Waals surface area contributed by atoms with Crippen LogP contribution in [0, 0.1) is 5.41 Å². The van der Waals surface area contributed by atoms with Gasteiger partial charge in [-0.2, -0.15) is 13.5 Å². The molecule has 0 spiro atoms. The number of rotatable bonds is 5. The van der Waals surface area contributed by atoms with Crippen molar-refractivity contribution in [3.05, 3.63) is 0 Å². The minimum atomic E-state index is -4.89. The third-order valence-corrected chi connectivity index (χ3v) is 4.41. The van der Waals surface area contributed by atoms with Crippen LogP contribution in [0.1, 0.15) is 12.8 Å². The number of urea groups is 1. The number of hydrogen-bond acceptors (Lipinski definition) is 7. The summed E-state index contributed by atoms with van der Waals surface area (Å²) in [6.45, 7) is -0.0151. The molecule has 2 rings (SSSR count). The van der Waals surface area contributed by atoms with Gasteiger partial charge in [-0.05, 0) is 12.8 Å². The van der Waals surface area contributed by atoms with Crippen LogP contribution in [0.15, 0.2) is 0 Å². The van der Waals surface area contributed by atoms with E-state index >= 15 is 0 Å². The van der Waals surface area contributed by atoms with Crippen molar-refractivity contribution in [3.8, 4) is 0 Å². The van der Waals surface area contributed by atoms with Gasteiger partial charge < -0.3 is 4.90 Å². The molecule has 3 N–H and O–H groups in total. The average Bonchev–Trinajstić information content (AvgIpc) is 2.62. The number of sulfonamides is 1. The Morgan fingerprint density at radius 1 is 1.41 bits per heavy atom. The van der Waals surface area contributed by atoms with Crippen LogP contribution in [0.5, 0.6) is 0 Å². The number of amides is 2. The van der Waals surface area contributed by atoms with E-state index in [2.05, 4.69) is 4.28 Å². The van der Waals surface area contributed by atoms with Crippen molar-refractivity contribution in [1.82, 2.24) is 14.7 Å². The van der Waals surface area contributed by atoms with Crippen LogP contribution in [0.2, 0.25) is 0 Å². The van der Waals surface area contributed by atoms with Crippen molar-refractivity contribution in [2.75, 3.05) is 12.6 Å². The summed E-state index contributed by atoms with van der Waals surface area (Å²) < 4.78 is 70.4. The Bertz CT molecular complexity index is 693. The smallest absolute Gasteiger partial charge is 0.310 e. The van der Waals surface area contributed by atoms with Gasteiger partial charge >= 0.3 is 16.4 Å². The third-order valence-electron chi connectivity index (χ3n) is 3.24. The highest BCUT2D eigenvalue weighted by molar-refractivity contribution is 7.89. The van der Waals surface area contributed by atoms with Crippen molar-refractivity contribution in [3.63, 3.8) is 0 Å². The zero-order valence-corrected chi connectivity index (χ0v) is 12.6. The first-order valence-corrected chi connectivity index (χ1v) is 8.97. The molecule has 2 aliphatic rings. The fourth-order valence-electron chi connectivity index (χ4n) is 2.39. The standard InChI is InChI=1S/C8H13FN4O7S2/c9-4-21(15,16)11-7(10)6-2-1-5-3-12(6)8(14)13(5)20-22(17,18)19/h5-6H,1-4H2,(H2,10,11)(H,17,18,19)/t5-,6+/m1/s1. The number of halogens is 1. The lowest BCUT2D eigenvalue weighted by molar-refractivity contribution is -0.0316. The lowest BCUT2D eigenvalue weighted by atomic mass is 10.0. The molecule has 126 valence electrons. The number of piperidine rings is 1. The highest BCUT2D eigenvalue weighted by atomic mass is 32.3. The van der Waals surface area contributed by atoms with Crippen LogP contribution in [0.4, 0.5) is 9.18 Å². The number of alkyl halides is 1. The van der Waals surface area contributed by atoms with Gasteiger partial charge in [0.2, 0.25) is 6.01 Å². The van der Waals surface area contributed by atoms with Crippen LogP contribution >= 0.6 is 0 Å². The SMILES string of the molecule is N=C(NS(=O)(=O)CF)[C@@H]1CC[C@@H]2CN1C(=O)N2OS(=O)(=O)O. The Morgan fingerprint density at radius 2 is 2.05 bits per heavy atom. The molecule has 0 aromatic rings. The first-order valence-electron chi connectivity index (χ1n) is 5.96. The fourth-order valence-corrected chi connectivity index (χ4v) is 3.31. The topological polar surface area (TPSA) is 157 Å².